The first kappa shape index (κ1) is 14.3. The van der Waals surface area contributed by atoms with Crippen molar-refractivity contribution >= 4 is 34.2 Å². The molecular weight excluding hydrogens is 309 g/mol. The number of ether oxygens (including phenoxy) is 1. The van der Waals surface area contributed by atoms with Gasteiger partial charge in [-0.25, -0.2) is 0 Å². The molecule has 1 heterocycles. The standard InChI is InChI=1S/C16H13Cl2NO2/c17-13-6-5-10(7-14(13)18)20-9-16-12(8-19)11-3-1-2-4-15(11)21-16/h1-7H,8-9,19H2. The quantitative estimate of drug-likeness (QED) is 0.752. The van der Waals surface area contributed by atoms with Crippen LogP contribution in [0.5, 0.6) is 5.75 Å². The Bertz CT molecular complexity index is 783. The fourth-order valence-corrected chi connectivity index (χ4v) is 2.49. The van der Waals surface area contributed by atoms with Crippen LogP contribution in [0.3, 0.4) is 0 Å². The summed E-state index contributed by atoms with van der Waals surface area (Å²) in [6.07, 6.45) is 0. The van der Waals surface area contributed by atoms with E-state index in [9.17, 15) is 0 Å². The van der Waals surface area contributed by atoms with Crippen LogP contribution >= 0.6 is 23.2 Å². The van der Waals surface area contributed by atoms with Crippen molar-refractivity contribution in [1.82, 2.24) is 0 Å². The highest BCUT2D eigenvalue weighted by molar-refractivity contribution is 6.42. The van der Waals surface area contributed by atoms with Gasteiger partial charge in [0.1, 0.15) is 23.7 Å². The zero-order valence-electron chi connectivity index (χ0n) is 11.1. The summed E-state index contributed by atoms with van der Waals surface area (Å²) in [6, 6.07) is 12.9. The van der Waals surface area contributed by atoms with Crippen LogP contribution in [-0.4, -0.2) is 0 Å². The summed E-state index contributed by atoms with van der Waals surface area (Å²) in [5, 5.41) is 1.97. The number of hydrogen-bond acceptors (Lipinski definition) is 3. The van der Waals surface area contributed by atoms with E-state index in [1.807, 2.05) is 24.3 Å². The Morgan fingerprint density at radius 3 is 2.62 bits per heavy atom. The van der Waals surface area contributed by atoms with Crippen molar-refractivity contribution < 1.29 is 9.15 Å². The first-order chi connectivity index (χ1) is 10.2. The second-order valence-electron chi connectivity index (χ2n) is 4.57. The molecule has 0 amide bonds. The first-order valence-corrected chi connectivity index (χ1v) is 7.22. The van der Waals surface area contributed by atoms with E-state index in [2.05, 4.69) is 0 Å². The number of halogens is 2. The Morgan fingerprint density at radius 2 is 1.86 bits per heavy atom. The van der Waals surface area contributed by atoms with Crippen molar-refractivity contribution in [3.8, 4) is 5.75 Å². The molecule has 0 aliphatic carbocycles. The molecule has 3 aromatic rings. The molecule has 0 spiro atoms. The maximum absolute atomic E-state index is 5.96. The SMILES string of the molecule is NCc1c(COc2ccc(Cl)c(Cl)c2)oc2ccccc12. The summed E-state index contributed by atoms with van der Waals surface area (Å²) in [4.78, 5) is 0. The maximum atomic E-state index is 5.96. The van der Waals surface area contributed by atoms with Crippen molar-refractivity contribution in [2.45, 2.75) is 13.2 Å². The third-order valence-electron chi connectivity index (χ3n) is 3.25. The van der Waals surface area contributed by atoms with Crippen LogP contribution in [0.4, 0.5) is 0 Å². The molecule has 108 valence electrons. The Hall–Kier alpha value is -1.68. The predicted octanol–water partition coefficient (Wildman–Crippen LogP) is 4.78. The fraction of sp³-hybridized carbons (Fsp3) is 0.125. The van der Waals surface area contributed by atoms with Gasteiger partial charge in [0.25, 0.3) is 0 Å². The molecule has 2 N–H and O–H groups in total. The van der Waals surface area contributed by atoms with Gasteiger partial charge in [-0.15, -0.1) is 0 Å². The van der Waals surface area contributed by atoms with Gasteiger partial charge in [0.2, 0.25) is 0 Å². The number of para-hydroxylation sites is 1. The van der Waals surface area contributed by atoms with Crippen LogP contribution in [0.25, 0.3) is 11.0 Å². The number of rotatable bonds is 4. The van der Waals surface area contributed by atoms with E-state index >= 15 is 0 Å². The van der Waals surface area contributed by atoms with Crippen LogP contribution in [0, 0.1) is 0 Å². The predicted molar refractivity (Wildman–Crippen MR) is 84.9 cm³/mol. The Kier molecular flexibility index (Phi) is 4.06. The van der Waals surface area contributed by atoms with Gasteiger partial charge in [-0.1, -0.05) is 41.4 Å². The molecule has 0 radical (unpaired) electrons. The van der Waals surface area contributed by atoms with Gasteiger partial charge < -0.3 is 14.9 Å². The van der Waals surface area contributed by atoms with Gasteiger partial charge in [-0.2, -0.15) is 0 Å². The molecule has 3 nitrogen and oxygen atoms in total. The number of fused-ring (bicyclic) bond motifs is 1. The number of benzene rings is 2. The van der Waals surface area contributed by atoms with E-state index in [4.69, 9.17) is 38.1 Å². The highest BCUT2D eigenvalue weighted by Crippen LogP contribution is 2.29. The summed E-state index contributed by atoms with van der Waals surface area (Å²) < 4.78 is 11.5. The summed E-state index contributed by atoms with van der Waals surface area (Å²) in [6.45, 7) is 0.691. The van der Waals surface area contributed by atoms with Crippen LogP contribution in [0.2, 0.25) is 10.0 Å². The Morgan fingerprint density at radius 1 is 1.05 bits per heavy atom. The first-order valence-electron chi connectivity index (χ1n) is 6.46. The lowest BCUT2D eigenvalue weighted by atomic mass is 10.1. The molecule has 3 rings (SSSR count). The molecule has 0 fully saturated rings. The largest absolute Gasteiger partial charge is 0.486 e. The van der Waals surface area contributed by atoms with E-state index < -0.39 is 0 Å². The minimum Gasteiger partial charge on any atom is -0.486 e. The minimum atomic E-state index is 0.291. The van der Waals surface area contributed by atoms with E-state index in [0.717, 1.165) is 22.3 Å². The molecule has 21 heavy (non-hydrogen) atoms. The fourth-order valence-electron chi connectivity index (χ4n) is 2.21. The zero-order chi connectivity index (χ0) is 14.8. The molecule has 0 aliphatic rings. The second kappa shape index (κ2) is 5.98. The Balaban J connectivity index is 1.86. The average molecular weight is 322 g/mol. The van der Waals surface area contributed by atoms with Crippen LogP contribution in [-0.2, 0) is 13.2 Å². The highest BCUT2D eigenvalue weighted by atomic mass is 35.5. The molecule has 0 saturated carbocycles. The molecule has 0 unspecified atom stereocenters. The molecule has 5 heteroatoms. The van der Waals surface area contributed by atoms with Crippen LogP contribution < -0.4 is 10.5 Å². The summed E-state index contributed by atoms with van der Waals surface area (Å²) in [5.41, 5.74) is 7.59. The van der Waals surface area contributed by atoms with Gasteiger partial charge in [0.15, 0.2) is 0 Å². The second-order valence-corrected chi connectivity index (χ2v) is 5.38. The van der Waals surface area contributed by atoms with E-state index in [1.54, 1.807) is 18.2 Å². The van der Waals surface area contributed by atoms with Crippen LogP contribution in [0.15, 0.2) is 46.9 Å². The molecule has 0 atom stereocenters. The lowest BCUT2D eigenvalue weighted by molar-refractivity contribution is 0.272. The van der Waals surface area contributed by atoms with Gasteiger partial charge >= 0.3 is 0 Å². The summed E-state index contributed by atoms with van der Waals surface area (Å²) in [5.74, 6) is 1.36. The molecule has 2 aromatic carbocycles. The molecule has 0 bridgehead atoms. The smallest absolute Gasteiger partial charge is 0.147 e. The van der Waals surface area contributed by atoms with Gasteiger partial charge in [0, 0.05) is 23.6 Å². The van der Waals surface area contributed by atoms with E-state index in [0.29, 0.717) is 28.9 Å². The van der Waals surface area contributed by atoms with Crippen molar-refractivity contribution in [3.05, 3.63) is 63.8 Å². The molecular formula is C16H13Cl2NO2. The number of nitrogens with two attached hydrogens (primary N) is 1. The van der Waals surface area contributed by atoms with Crippen molar-refractivity contribution in [2.24, 2.45) is 5.73 Å². The lowest BCUT2D eigenvalue weighted by Crippen LogP contribution is -2.02. The molecule has 0 aliphatic heterocycles. The topological polar surface area (TPSA) is 48.4 Å². The third kappa shape index (κ3) is 2.86. The summed E-state index contributed by atoms with van der Waals surface area (Å²) >= 11 is 11.8. The average Bonchev–Trinajstić information content (AvgIpc) is 2.86. The normalized spacial score (nSPS) is 11.0. The van der Waals surface area contributed by atoms with E-state index in [1.165, 1.54) is 0 Å². The zero-order valence-corrected chi connectivity index (χ0v) is 12.6. The lowest BCUT2D eigenvalue weighted by Gasteiger charge is -2.06. The highest BCUT2D eigenvalue weighted by Gasteiger charge is 2.13. The van der Waals surface area contributed by atoms with Gasteiger partial charge in [-0.05, 0) is 18.2 Å². The third-order valence-corrected chi connectivity index (χ3v) is 3.99. The van der Waals surface area contributed by atoms with Gasteiger partial charge in [0.05, 0.1) is 10.0 Å². The monoisotopic (exact) mass is 321 g/mol. The van der Waals surface area contributed by atoms with Gasteiger partial charge in [-0.3, -0.25) is 0 Å². The number of hydrogen-bond donors (Lipinski definition) is 1. The molecule has 0 saturated heterocycles. The Labute approximate surface area is 132 Å². The van der Waals surface area contributed by atoms with Crippen molar-refractivity contribution in [2.75, 3.05) is 0 Å². The van der Waals surface area contributed by atoms with E-state index in [-0.39, 0.29) is 0 Å². The van der Waals surface area contributed by atoms with Crippen LogP contribution in [0.1, 0.15) is 11.3 Å². The summed E-state index contributed by atoms with van der Waals surface area (Å²) in [7, 11) is 0. The molecule has 1 aromatic heterocycles. The minimum absolute atomic E-state index is 0.291. The maximum Gasteiger partial charge on any atom is 0.147 e. The van der Waals surface area contributed by atoms with Crippen molar-refractivity contribution in [1.29, 1.82) is 0 Å². The van der Waals surface area contributed by atoms with Crippen molar-refractivity contribution in [3.63, 3.8) is 0 Å². The number of furan rings is 1.